The van der Waals surface area contributed by atoms with E-state index in [1.165, 1.54) is 36.4 Å². The Morgan fingerprint density at radius 1 is 1.22 bits per heavy atom. The quantitative estimate of drug-likeness (QED) is 0.321. The van der Waals surface area contributed by atoms with E-state index in [0.29, 0.717) is 5.56 Å². The van der Waals surface area contributed by atoms with E-state index in [-0.39, 0.29) is 28.5 Å². The van der Waals surface area contributed by atoms with Crippen LogP contribution < -0.4 is 10.2 Å². The fraction of sp³-hybridized carbons (Fsp3) is 0.143. The molecule has 0 atom stereocenters. The molecule has 1 amide bonds. The number of ether oxygens (including phenoxy) is 1. The van der Waals surface area contributed by atoms with E-state index in [9.17, 15) is 28.1 Å². The molecule has 0 aliphatic heterocycles. The van der Waals surface area contributed by atoms with Crippen LogP contribution in [0.3, 0.4) is 0 Å². The molecule has 0 fully saturated rings. The molecule has 0 unspecified atom stereocenters. The molecule has 0 saturated heterocycles. The van der Waals surface area contributed by atoms with Crippen molar-refractivity contribution in [3.8, 4) is 17.1 Å². The molecule has 1 heterocycles. The standard InChI is InChI=1S/C21H16F3N3O5/c1-13-5-7-19(17(9-13)27(29)30)31-12-20(28)26-25-11-16-6-8-18(32-16)14-3-2-4-15(10-14)21(22,23)24/h2-11H,12H2,1H3,(H,26,28). The number of carbonyl (C=O) groups is 1. The summed E-state index contributed by atoms with van der Waals surface area (Å²) >= 11 is 0. The number of aryl methyl sites for hydroxylation is 1. The first-order chi connectivity index (χ1) is 15.1. The third kappa shape index (κ3) is 5.72. The molecule has 3 rings (SSSR count). The van der Waals surface area contributed by atoms with Crippen LogP contribution in [0.4, 0.5) is 18.9 Å². The second kappa shape index (κ2) is 9.33. The Kier molecular flexibility index (Phi) is 6.57. The van der Waals surface area contributed by atoms with Gasteiger partial charge >= 0.3 is 11.9 Å². The minimum absolute atomic E-state index is 0.0588. The van der Waals surface area contributed by atoms with Gasteiger partial charge in [0.1, 0.15) is 11.5 Å². The average Bonchev–Trinajstić information content (AvgIpc) is 3.21. The van der Waals surface area contributed by atoms with Crippen LogP contribution in [0, 0.1) is 17.0 Å². The van der Waals surface area contributed by atoms with E-state index < -0.39 is 29.2 Å². The van der Waals surface area contributed by atoms with Crippen LogP contribution in [-0.4, -0.2) is 23.7 Å². The topological polar surface area (TPSA) is 107 Å². The van der Waals surface area contributed by atoms with Gasteiger partial charge in [-0.15, -0.1) is 0 Å². The molecule has 1 N–H and O–H groups in total. The fourth-order valence-corrected chi connectivity index (χ4v) is 2.66. The number of benzene rings is 2. The van der Waals surface area contributed by atoms with Crippen molar-refractivity contribution in [1.82, 2.24) is 5.43 Å². The van der Waals surface area contributed by atoms with Crippen LogP contribution in [-0.2, 0) is 11.0 Å². The van der Waals surface area contributed by atoms with Gasteiger partial charge in [0.25, 0.3) is 5.91 Å². The molecular weight excluding hydrogens is 431 g/mol. The maximum atomic E-state index is 12.8. The number of hydrazone groups is 1. The summed E-state index contributed by atoms with van der Waals surface area (Å²) in [7, 11) is 0. The van der Waals surface area contributed by atoms with E-state index in [0.717, 1.165) is 18.3 Å². The molecule has 0 aliphatic rings. The Labute approximate surface area is 179 Å². The molecule has 166 valence electrons. The second-order valence-corrected chi connectivity index (χ2v) is 6.59. The number of nitrogens with zero attached hydrogens (tertiary/aromatic N) is 2. The fourth-order valence-electron chi connectivity index (χ4n) is 2.66. The van der Waals surface area contributed by atoms with E-state index in [1.807, 2.05) is 0 Å². The Morgan fingerprint density at radius 2 is 2.00 bits per heavy atom. The summed E-state index contributed by atoms with van der Waals surface area (Å²) in [5.41, 5.74) is 2.00. The van der Waals surface area contributed by atoms with Gasteiger partial charge in [0.05, 0.1) is 16.7 Å². The first kappa shape index (κ1) is 22.5. The molecule has 0 radical (unpaired) electrons. The van der Waals surface area contributed by atoms with Crippen molar-refractivity contribution in [3.63, 3.8) is 0 Å². The van der Waals surface area contributed by atoms with Gasteiger partial charge in [-0.1, -0.05) is 18.2 Å². The Hall–Kier alpha value is -4.15. The monoisotopic (exact) mass is 447 g/mol. The molecule has 2 aromatic carbocycles. The number of alkyl halides is 3. The van der Waals surface area contributed by atoms with Gasteiger partial charge in [0.2, 0.25) is 0 Å². The van der Waals surface area contributed by atoms with Crippen LogP contribution >= 0.6 is 0 Å². The van der Waals surface area contributed by atoms with Crippen molar-refractivity contribution < 1.29 is 32.0 Å². The van der Waals surface area contributed by atoms with Gasteiger partial charge < -0.3 is 9.15 Å². The number of rotatable bonds is 7. The van der Waals surface area contributed by atoms with Crippen molar-refractivity contribution in [2.24, 2.45) is 5.10 Å². The second-order valence-electron chi connectivity index (χ2n) is 6.59. The number of halogens is 3. The lowest BCUT2D eigenvalue weighted by Gasteiger charge is -2.07. The zero-order valence-electron chi connectivity index (χ0n) is 16.6. The van der Waals surface area contributed by atoms with E-state index in [2.05, 4.69) is 10.5 Å². The number of nitrogens with one attached hydrogen (secondary N) is 1. The predicted molar refractivity (Wildman–Crippen MR) is 108 cm³/mol. The third-order valence-electron chi connectivity index (χ3n) is 4.15. The normalized spacial score (nSPS) is 11.5. The van der Waals surface area contributed by atoms with Crippen molar-refractivity contribution in [3.05, 3.63) is 81.6 Å². The summed E-state index contributed by atoms with van der Waals surface area (Å²) in [4.78, 5) is 22.3. The number of hydrogen-bond acceptors (Lipinski definition) is 6. The van der Waals surface area contributed by atoms with Crippen molar-refractivity contribution in [2.45, 2.75) is 13.1 Å². The molecule has 11 heteroatoms. The lowest BCUT2D eigenvalue weighted by Crippen LogP contribution is -2.24. The molecule has 1 aromatic heterocycles. The lowest BCUT2D eigenvalue weighted by atomic mass is 10.1. The average molecular weight is 447 g/mol. The molecule has 0 aliphatic carbocycles. The summed E-state index contributed by atoms with van der Waals surface area (Å²) < 4.78 is 49.1. The summed E-state index contributed by atoms with van der Waals surface area (Å²) in [6.07, 6.45) is -3.32. The molecular formula is C21H16F3N3O5. The number of hydrogen-bond donors (Lipinski definition) is 1. The lowest BCUT2D eigenvalue weighted by molar-refractivity contribution is -0.385. The van der Waals surface area contributed by atoms with Gasteiger partial charge in [-0.25, -0.2) is 5.43 Å². The number of nitro groups is 1. The summed E-state index contributed by atoms with van der Waals surface area (Å²) in [6, 6.07) is 11.9. The van der Waals surface area contributed by atoms with Crippen molar-refractivity contribution in [1.29, 1.82) is 0 Å². The van der Waals surface area contributed by atoms with Crippen molar-refractivity contribution >= 4 is 17.8 Å². The van der Waals surface area contributed by atoms with E-state index in [1.54, 1.807) is 13.0 Å². The maximum Gasteiger partial charge on any atom is 0.416 e. The SMILES string of the molecule is Cc1ccc(OCC(=O)NN=Cc2ccc(-c3cccc(C(F)(F)F)c3)o2)c([N+](=O)[O-])c1. The molecule has 8 nitrogen and oxygen atoms in total. The summed E-state index contributed by atoms with van der Waals surface area (Å²) in [6.45, 7) is 1.17. The summed E-state index contributed by atoms with van der Waals surface area (Å²) in [5.74, 6) is -0.357. The molecule has 0 bridgehead atoms. The Bertz CT molecular complexity index is 1170. The van der Waals surface area contributed by atoms with Crippen LogP contribution in [0.2, 0.25) is 0 Å². The Balaban J connectivity index is 1.58. The number of nitro benzene ring substituents is 1. The van der Waals surface area contributed by atoms with E-state index >= 15 is 0 Å². The van der Waals surface area contributed by atoms with Crippen LogP contribution in [0.1, 0.15) is 16.9 Å². The zero-order chi connectivity index (χ0) is 23.3. The summed E-state index contributed by atoms with van der Waals surface area (Å²) in [5, 5.41) is 14.7. The van der Waals surface area contributed by atoms with E-state index in [4.69, 9.17) is 9.15 Å². The molecule has 32 heavy (non-hydrogen) atoms. The largest absolute Gasteiger partial charge is 0.477 e. The molecule has 3 aromatic rings. The highest BCUT2D eigenvalue weighted by atomic mass is 19.4. The highest BCUT2D eigenvalue weighted by molar-refractivity contribution is 5.81. The minimum atomic E-state index is -4.47. The maximum absolute atomic E-state index is 12.8. The number of amides is 1. The van der Waals surface area contributed by atoms with Gasteiger partial charge in [0, 0.05) is 11.6 Å². The third-order valence-corrected chi connectivity index (χ3v) is 4.15. The van der Waals surface area contributed by atoms with Gasteiger partial charge in [0.15, 0.2) is 12.4 Å². The number of furan rings is 1. The Morgan fingerprint density at radius 3 is 2.72 bits per heavy atom. The first-order valence-corrected chi connectivity index (χ1v) is 9.10. The first-order valence-electron chi connectivity index (χ1n) is 9.10. The van der Waals surface area contributed by atoms with Gasteiger partial charge in [-0.2, -0.15) is 18.3 Å². The smallest absolute Gasteiger partial charge is 0.416 e. The number of carbonyl (C=O) groups excluding carboxylic acids is 1. The van der Waals surface area contributed by atoms with Gasteiger partial charge in [-0.05, 0) is 42.8 Å². The predicted octanol–water partition coefficient (Wildman–Crippen LogP) is 4.71. The molecule has 0 saturated carbocycles. The highest BCUT2D eigenvalue weighted by Crippen LogP contribution is 2.32. The highest BCUT2D eigenvalue weighted by Gasteiger charge is 2.30. The molecule has 0 spiro atoms. The van der Waals surface area contributed by atoms with Crippen LogP contribution in [0.15, 0.2) is 64.1 Å². The zero-order valence-corrected chi connectivity index (χ0v) is 16.6. The van der Waals surface area contributed by atoms with Crippen LogP contribution in [0.5, 0.6) is 5.75 Å². The van der Waals surface area contributed by atoms with Gasteiger partial charge in [-0.3, -0.25) is 14.9 Å². The van der Waals surface area contributed by atoms with Crippen molar-refractivity contribution in [2.75, 3.05) is 6.61 Å². The minimum Gasteiger partial charge on any atom is -0.477 e. The van der Waals surface area contributed by atoms with Crippen LogP contribution in [0.25, 0.3) is 11.3 Å².